The third kappa shape index (κ3) is 3.31. The summed E-state index contributed by atoms with van der Waals surface area (Å²) in [4.78, 5) is 0.902. The van der Waals surface area contributed by atoms with Crippen molar-refractivity contribution in [2.24, 2.45) is 5.92 Å². The predicted molar refractivity (Wildman–Crippen MR) is 61.2 cm³/mol. The molecular formula is C12H9N3S. The van der Waals surface area contributed by atoms with E-state index >= 15 is 0 Å². The van der Waals surface area contributed by atoms with Gasteiger partial charge in [-0.3, -0.25) is 0 Å². The Morgan fingerprint density at radius 2 is 1.81 bits per heavy atom. The van der Waals surface area contributed by atoms with Crippen molar-refractivity contribution in [3.05, 3.63) is 29.8 Å². The molecule has 1 aromatic carbocycles. The average molecular weight is 227 g/mol. The lowest BCUT2D eigenvalue weighted by Crippen LogP contribution is -1.94. The highest BCUT2D eigenvalue weighted by molar-refractivity contribution is 7.99. The molecule has 0 bridgehead atoms. The number of hydrogen-bond donors (Lipinski definition) is 0. The van der Waals surface area contributed by atoms with Gasteiger partial charge in [-0.2, -0.15) is 15.8 Å². The minimum Gasteiger partial charge on any atom is -0.197 e. The van der Waals surface area contributed by atoms with E-state index in [2.05, 4.69) is 6.07 Å². The summed E-state index contributed by atoms with van der Waals surface area (Å²) in [7, 11) is 0. The molecule has 0 aliphatic rings. The lowest BCUT2D eigenvalue weighted by atomic mass is 10.1. The van der Waals surface area contributed by atoms with Crippen LogP contribution in [0.2, 0.25) is 0 Å². The molecule has 0 heterocycles. The van der Waals surface area contributed by atoms with E-state index in [0.717, 1.165) is 4.90 Å². The highest BCUT2D eigenvalue weighted by Gasteiger charge is 2.06. The second-order valence-corrected chi connectivity index (χ2v) is 4.19. The van der Waals surface area contributed by atoms with E-state index in [1.165, 1.54) is 11.8 Å². The van der Waals surface area contributed by atoms with Gasteiger partial charge in [-0.25, -0.2) is 0 Å². The molecule has 0 spiro atoms. The van der Waals surface area contributed by atoms with Crippen molar-refractivity contribution in [3.63, 3.8) is 0 Å². The molecule has 1 aromatic rings. The standard InChI is InChI=1S/C12H9N3S/c13-7-10(8-14)5-6-16-12-4-2-1-3-11(12)9-15/h1-4,10H,5-6H2. The van der Waals surface area contributed by atoms with Crippen LogP contribution in [0, 0.1) is 39.9 Å². The van der Waals surface area contributed by atoms with Crippen LogP contribution in [0.3, 0.4) is 0 Å². The van der Waals surface area contributed by atoms with E-state index < -0.39 is 5.92 Å². The van der Waals surface area contributed by atoms with Crippen molar-refractivity contribution in [1.82, 2.24) is 0 Å². The van der Waals surface area contributed by atoms with Crippen molar-refractivity contribution in [2.45, 2.75) is 11.3 Å². The molecule has 0 radical (unpaired) electrons. The quantitative estimate of drug-likeness (QED) is 0.741. The first-order valence-electron chi connectivity index (χ1n) is 4.73. The fourth-order valence-corrected chi connectivity index (χ4v) is 2.15. The van der Waals surface area contributed by atoms with Gasteiger partial charge < -0.3 is 0 Å². The van der Waals surface area contributed by atoms with E-state index in [4.69, 9.17) is 15.8 Å². The molecule has 0 N–H and O–H groups in total. The largest absolute Gasteiger partial charge is 0.197 e. The molecule has 0 saturated carbocycles. The van der Waals surface area contributed by atoms with Gasteiger partial charge in [-0.15, -0.1) is 11.8 Å². The minimum atomic E-state index is -0.554. The number of benzene rings is 1. The molecule has 1 rings (SSSR count). The molecule has 0 amide bonds. The smallest absolute Gasteiger partial charge is 0.134 e. The van der Waals surface area contributed by atoms with E-state index in [1.54, 1.807) is 6.07 Å². The van der Waals surface area contributed by atoms with Crippen LogP contribution in [0.15, 0.2) is 29.2 Å². The van der Waals surface area contributed by atoms with Gasteiger partial charge in [-0.05, 0) is 18.6 Å². The lowest BCUT2D eigenvalue weighted by molar-refractivity contribution is 0.811. The van der Waals surface area contributed by atoms with Crippen molar-refractivity contribution < 1.29 is 0 Å². The average Bonchev–Trinajstić information content (AvgIpc) is 2.35. The van der Waals surface area contributed by atoms with Crippen LogP contribution in [-0.4, -0.2) is 5.75 Å². The molecule has 3 nitrogen and oxygen atoms in total. The van der Waals surface area contributed by atoms with Gasteiger partial charge in [0.05, 0.1) is 17.7 Å². The Hall–Kier alpha value is -1.96. The topological polar surface area (TPSA) is 71.4 Å². The maximum Gasteiger partial charge on any atom is 0.134 e. The summed E-state index contributed by atoms with van der Waals surface area (Å²) in [5.41, 5.74) is 0.637. The first-order valence-corrected chi connectivity index (χ1v) is 5.71. The Balaban J connectivity index is 2.54. The third-order valence-electron chi connectivity index (χ3n) is 1.98. The van der Waals surface area contributed by atoms with Crippen LogP contribution in [0.1, 0.15) is 12.0 Å². The van der Waals surface area contributed by atoms with Crippen molar-refractivity contribution in [1.29, 1.82) is 15.8 Å². The number of thioether (sulfide) groups is 1. The van der Waals surface area contributed by atoms with Crippen LogP contribution in [0.5, 0.6) is 0 Å². The van der Waals surface area contributed by atoms with Gasteiger partial charge in [0.2, 0.25) is 0 Å². The summed E-state index contributed by atoms with van der Waals surface area (Å²) >= 11 is 1.51. The normalized spacial score (nSPS) is 9.12. The highest BCUT2D eigenvalue weighted by atomic mass is 32.2. The molecule has 0 aliphatic carbocycles. The maximum atomic E-state index is 8.85. The van der Waals surface area contributed by atoms with Crippen LogP contribution < -0.4 is 0 Å². The molecule has 16 heavy (non-hydrogen) atoms. The number of nitrogens with zero attached hydrogens (tertiary/aromatic N) is 3. The number of hydrogen-bond acceptors (Lipinski definition) is 4. The highest BCUT2D eigenvalue weighted by Crippen LogP contribution is 2.23. The third-order valence-corrected chi connectivity index (χ3v) is 3.09. The van der Waals surface area contributed by atoms with Crippen LogP contribution in [0.25, 0.3) is 0 Å². The molecule has 0 fully saturated rings. The van der Waals surface area contributed by atoms with E-state index in [1.807, 2.05) is 30.3 Å². The summed E-state index contributed by atoms with van der Waals surface area (Å²) < 4.78 is 0. The minimum absolute atomic E-state index is 0.525. The zero-order valence-electron chi connectivity index (χ0n) is 8.55. The zero-order valence-corrected chi connectivity index (χ0v) is 9.37. The number of nitriles is 3. The van der Waals surface area contributed by atoms with Gasteiger partial charge in [0.1, 0.15) is 12.0 Å². The molecule has 78 valence electrons. The molecule has 0 atom stereocenters. The SMILES string of the molecule is N#Cc1ccccc1SCCC(C#N)C#N. The Labute approximate surface area is 98.9 Å². The summed E-state index contributed by atoms with van der Waals surface area (Å²) in [6.07, 6.45) is 0.525. The first kappa shape index (κ1) is 12.1. The lowest BCUT2D eigenvalue weighted by Gasteiger charge is -2.03. The van der Waals surface area contributed by atoms with Gasteiger partial charge >= 0.3 is 0 Å². The van der Waals surface area contributed by atoms with Crippen molar-refractivity contribution in [3.8, 4) is 18.2 Å². The molecule has 0 saturated heterocycles. The van der Waals surface area contributed by atoms with E-state index in [-0.39, 0.29) is 0 Å². The Kier molecular flexibility index (Phi) is 4.93. The number of rotatable bonds is 4. The predicted octanol–water partition coefficient (Wildman–Crippen LogP) is 2.70. The first-order chi connectivity index (χ1) is 7.81. The van der Waals surface area contributed by atoms with Crippen molar-refractivity contribution >= 4 is 11.8 Å². The summed E-state index contributed by atoms with van der Waals surface area (Å²) in [6, 6.07) is 13.3. The molecule has 4 heteroatoms. The molecule has 0 aliphatic heterocycles. The van der Waals surface area contributed by atoms with Gasteiger partial charge in [0.25, 0.3) is 0 Å². The second-order valence-electron chi connectivity index (χ2n) is 3.06. The summed E-state index contributed by atoms with van der Waals surface area (Å²) in [6.45, 7) is 0. The zero-order chi connectivity index (χ0) is 11.8. The monoisotopic (exact) mass is 227 g/mol. The van der Waals surface area contributed by atoms with E-state index in [0.29, 0.717) is 17.7 Å². The second kappa shape index (κ2) is 6.51. The fraction of sp³-hybridized carbons (Fsp3) is 0.250. The van der Waals surface area contributed by atoms with Crippen LogP contribution in [-0.2, 0) is 0 Å². The maximum absolute atomic E-state index is 8.85. The van der Waals surface area contributed by atoms with Gasteiger partial charge in [-0.1, -0.05) is 12.1 Å². The Morgan fingerprint density at radius 1 is 1.12 bits per heavy atom. The van der Waals surface area contributed by atoms with Crippen LogP contribution >= 0.6 is 11.8 Å². The van der Waals surface area contributed by atoms with Gasteiger partial charge in [0, 0.05) is 10.6 Å². The molecular weight excluding hydrogens is 218 g/mol. The van der Waals surface area contributed by atoms with Crippen molar-refractivity contribution in [2.75, 3.05) is 5.75 Å². The fourth-order valence-electron chi connectivity index (χ4n) is 1.13. The molecule has 0 unspecified atom stereocenters. The Bertz CT molecular complexity index is 462. The van der Waals surface area contributed by atoms with Crippen LogP contribution in [0.4, 0.5) is 0 Å². The van der Waals surface area contributed by atoms with Gasteiger partial charge in [0.15, 0.2) is 0 Å². The van der Waals surface area contributed by atoms with E-state index in [9.17, 15) is 0 Å². The molecule has 0 aromatic heterocycles. The summed E-state index contributed by atoms with van der Waals surface area (Å²) in [5.74, 6) is 0.117. The summed E-state index contributed by atoms with van der Waals surface area (Å²) in [5, 5.41) is 26.0. The Morgan fingerprint density at radius 3 is 2.44 bits per heavy atom.